The van der Waals surface area contributed by atoms with Gasteiger partial charge in [-0.05, 0) is 59.7 Å². The van der Waals surface area contributed by atoms with Crippen molar-refractivity contribution in [2.45, 2.75) is 25.7 Å². The van der Waals surface area contributed by atoms with Gasteiger partial charge in [0.1, 0.15) is 0 Å². The maximum Gasteiger partial charge on any atom is 0.416 e. The molecule has 41 heavy (non-hydrogen) atoms. The predicted molar refractivity (Wildman–Crippen MR) is 152 cm³/mol. The van der Waals surface area contributed by atoms with E-state index in [2.05, 4.69) is 24.0 Å². The number of carbonyl (C=O) groups excluding carboxylic acids is 3. The number of piperazine rings is 1. The van der Waals surface area contributed by atoms with Gasteiger partial charge in [-0.1, -0.05) is 60.7 Å². The Labute approximate surface area is 240 Å². The zero-order valence-electron chi connectivity index (χ0n) is 22.3. The molecule has 1 atom stereocenters. The van der Waals surface area contributed by atoms with E-state index in [1.165, 1.54) is 29.8 Å². The molecule has 3 aromatic rings. The van der Waals surface area contributed by atoms with Gasteiger partial charge >= 0.3 is 6.18 Å². The summed E-state index contributed by atoms with van der Waals surface area (Å²) in [6, 6.07) is 22.1. The van der Waals surface area contributed by atoms with Crippen LogP contribution in [0.4, 0.5) is 18.0 Å². The van der Waals surface area contributed by atoms with E-state index in [1.54, 1.807) is 24.3 Å². The lowest BCUT2D eigenvalue weighted by Crippen LogP contribution is -2.49. The van der Waals surface area contributed by atoms with E-state index in [-0.39, 0.29) is 22.4 Å². The van der Waals surface area contributed by atoms with E-state index in [0.717, 1.165) is 24.1 Å². The Morgan fingerprint density at radius 2 is 1.54 bits per heavy atom. The minimum Gasteiger partial charge on any atom is -0.336 e. The molecule has 3 aromatic carbocycles. The highest BCUT2D eigenvalue weighted by atomic mass is 32.2. The lowest BCUT2D eigenvalue weighted by atomic mass is 10.1. The van der Waals surface area contributed by atoms with Gasteiger partial charge in [-0.15, -0.1) is 0 Å². The molecular weight excluding hydrogens is 551 g/mol. The first-order valence-corrected chi connectivity index (χ1v) is 14.0. The van der Waals surface area contributed by atoms with Crippen molar-refractivity contribution in [1.29, 1.82) is 0 Å². The number of carbonyl (C=O) groups is 3. The molecule has 1 unspecified atom stereocenters. The predicted octanol–water partition coefficient (Wildman–Crippen LogP) is 6.46. The second kappa shape index (κ2) is 11.9. The van der Waals surface area contributed by atoms with Gasteiger partial charge in [0.15, 0.2) is 0 Å². The van der Waals surface area contributed by atoms with Gasteiger partial charge in [0.25, 0.3) is 17.1 Å². The van der Waals surface area contributed by atoms with Crippen LogP contribution in [0.5, 0.6) is 0 Å². The molecular formula is C31H28F3N3O3S. The molecule has 0 aliphatic carbocycles. The second-order valence-corrected chi connectivity index (χ2v) is 11.0. The SMILES string of the molecule is CC(c1ccccc1)N1CCN(C(=O)c2ccc(C=C3SC(=O)N(Cc4ccccc4C(F)(F)F)C3=O)cc2)CC1. The van der Waals surface area contributed by atoms with E-state index >= 15 is 0 Å². The molecule has 2 fully saturated rings. The highest BCUT2D eigenvalue weighted by molar-refractivity contribution is 8.18. The lowest BCUT2D eigenvalue weighted by molar-refractivity contribution is -0.139. The van der Waals surface area contributed by atoms with Crippen LogP contribution in [-0.2, 0) is 17.5 Å². The Kier molecular flexibility index (Phi) is 8.32. The van der Waals surface area contributed by atoms with Crippen LogP contribution >= 0.6 is 11.8 Å². The maximum atomic E-state index is 13.4. The third-order valence-electron chi connectivity index (χ3n) is 7.41. The number of alkyl halides is 3. The summed E-state index contributed by atoms with van der Waals surface area (Å²) in [6.07, 6.45) is -3.08. The summed E-state index contributed by atoms with van der Waals surface area (Å²) >= 11 is 0.681. The van der Waals surface area contributed by atoms with Gasteiger partial charge in [0.05, 0.1) is 17.0 Å². The van der Waals surface area contributed by atoms with E-state index < -0.39 is 29.4 Å². The zero-order chi connectivity index (χ0) is 29.1. The third-order valence-corrected chi connectivity index (χ3v) is 8.32. The number of amides is 3. The minimum atomic E-state index is -4.60. The average Bonchev–Trinajstić information content (AvgIpc) is 3.24. The van der Waals surface area contributed by atoms with Crippen LogP contribution in [0.1, 0.15) is 45.6 Å². The molecule has 212 valence electrons. The summed E-state index contributed by atoms with van der Waals surface area (Å²) in [5.41, 5.74) is 1.33. The van der Waals surface area contributed by atoms with Crippen molar-refractivity contribution < 1.29 is 27.6 Å². The van der Waals surface area contributed by atoms with Gasteiger partial charge in [0, 0.05) is 37.8 Å². The van der Waals surface area contributed by atoms with Crippen LogP contribution in [0.3, 0.4) is 0 Å². The normalized spacial score (nSPS) is 18.3. The molecule has 0 N–H and O–H groups in total. The summed E-state index contributed by atoms with van der Waals surface area (Å²) in [5.74, 6) is -0.730. The Hall–Kier alpha value is -3.89. The van der Waals surface area contributed by atoms with Crippen LogP contribution in [0, 0.1) is 0 Å². The number of hydrogen-bond acceptors (Lipinski definition) is 5. The second-order valence-electron chi connectivity index (χ2n) is 9.96. The van der Waals surface area contributed by atoms with Crippen molar-refractivity contribution in [3.05, 3.63) is 112 Å². The van der Waals surface area contributed by atoms with Gasteiger partial charge in [-0.2, -0.15) is 13.2 Å². The molecule has 0 aromatic heterocycles. The number of hydrogen-bond donors (Lipinski definition) is 0. The summed E-state index contributed by atoms with van der Waals surface area (Å²) < 4.78 is 40.1. The Morgan fingerprint density at radius 1 is 0.902 bits per heavy atom. The first-order valence-electron chi connectivity index (χ1n) is 13.2. The quantitative estimate of drug-likeness (QED) is 0.314. The zero-order valence-corrected chi connectivity index (χ0v) is 23.1. The van der Waals surface area contributed by atoms with Crippen LogP contribution in [-0.4, -0.2) is 57.9 Å². The lowest BCUT2D eigenvalue weighted by Gasteiger charge is -2.38. The van der Waals surface area contributed by atoms with Crippen molar-refractivity contribution in [3.63, 3.8) is 0 Å². The van der Waals surface area contributed by atoms with Gasteiger partial charge in [0.2, 0.25) is 0 Å². The molecule has 2 saturated heterocycles. The number of thioether (sulfide) groups is 1. The molecule has 10 heteroatoms. The van der Waals surface area contributed by atoms with Gasteiger partial charge in [-0.3, -0.25) is 24.2 Å². The summed E-state index contributed by atoms with van der Waals surface area (Å²) in [5, 5.41) is -0.634. The van der Waals surface area contributed by atoms with Gasteiger partial charge in [-0.25, -0.2) is 0 Å². The maximum absolute atomic E-state index is 13.4. The number of nitrogens with zero attached hydrogens (tertiary/aromatic N) is 3. The van der Waals surface area contributed by atoms with Gasteiger partial charge < -0.3 is 4.90 Å². The third kappa shape index (κ3) is 6.39. The fourth-order valence-electron chi connectivity index (χ4n) is 5.05. The Bertz CT molecular complexity index is 1470. The smallest absolute Gasteiger partial charge is 0.336 e. The first kappa shape index (κ1) is 28.6. The molecule has 2 aliphatic rings. The minimum absolute atomic E-state index is 0.0767. The van der Waals surface area contributed by atoms with Crippen LogP contribution < -0.4 is 0 Å². The number of halogens is 3. The van der Waals surface area contributed by atoms with Crippen LogP contribution in [0.25, 0.3) is 6.08 Å². The molecule has 0 radical (unpaired) electrons. The van der Waals surface area contributed by atoms with Crippen molar-refractivity contribution in [3.8, 4) is 0 Å². The summed E-state index contributed by atoms with van der Waals surface area (Å²) in [6.45, 7) is 4.46. The molecule has 2 aliphatic heterocycles. The average molecular weight is 580 g/mol. The molecule has 3 amide bonds. The van der Waals surface area contributed by atoms with Crippen molar-refractivity contribution in [1.82, 2.24) is 14.7 Å². The van der Waals surface area contributed by atoms with E-state index in [0.29, 0.717) is 36.0 Å². The molecule has 0 bridgehead atoms. The Morgan fingerprint density at radius 3 is 2.20 bits per heavy atom. The monoisotopic (exact) mass is 579 g/mol. The fraction of sp³-hybridized carbons (Fsp3) is 0.258. The van der Waals surface area contributed by atoms with Crippen LogP contribution in [0.2, 0.25) is 0 Å². The topological polar surface area (TPSA) is 60.9 Å². The number of benzene rings is 3. The van der Waals surface area contributed by atoms with Crippen molar-refractivity contribution in [2.75, 3.05) is 26.2 Å². The molecule has 0 saturated carbocycles. The molecule has 2 heterocycles. The largest absolute Gasteiger partial charge is 0.416 e. The Balaban J connectivity index is 1.21. The van der Waals surface area contributed by atoms with Crippen molar-refractivity contribution in [2.24, 2.45) is 0 Å². The van der Waals surface area contributed by atoms with E-state index in [4.69, 9.17) is 0 Å². The summed E-state index contributed by atoms with van der Waals surface area (Å²) in [7, 11) is 0. The molecule has 0 spiro atoms. The van der Waals surface area contributed by atoms with Crippen LogP contribution in [0.15, 0.2) is 83.8 Å². The van der Waals surface area contributed by atoms with Crippen molar-refractivity contribution >= 4 is 34.9 Å². The summed E-state index contributed by atoms with van der Waals surface area (Å²) in [4.78, 5) is 43.6. The highest BCUT2D eigenvalue weighted by Crippen LogP contribution is 2.36. The highest BCUT2D eigenvalue weighted by Gasteiger charge is 2.38. The number of rotatable bonds is 6. The standard InChI is InChI=1S/C31H28F3N3O3S/c1-21(23-7-3-2-4-8-23)35-15-17-36(18-16-35)28(38)24-13-11-22(12-14-24)19-27-29(39)37(30(40)41-27)20-25-9-5-6-10-26(25)31(32,33)34/h2-14,19,21H,15-18,20H2,1H3. The molecule has 5 rings (SSSR count). The number of imide groups is 1. The molecule has 6 nitrogen and oxygen atoms in total. The van der Waals surface area contributed by atoms with E-state index in [9.17, 15) is 27.6 Å². The first-order chi connectivity index (χ1) is 19.6. The fourth-order valence-corrected chi connectivity index (χ4v) is 5.89. The van der Waals surface area contributed by atoms with E-state index in [1.807, 2.05) is 23.1 Å².